The fourth-order valence-corrected chi connectivity index (χ4v) is 3.30. The molecule has 0 aliphatic carbocycles. The highest BCUT2D eigenvalue weighted by Crippen LogP contribution is 2.38. The van der Waals surface area contributed by atoms with Crippen molar-refractivity contribution in [2.24, 2.45) is 0 Å². The second kappa shape index (κ2) is 7.33. The molecule has 0 unspecified atom stereocenters. The molecule has 0 fully saturated rings. The molecule has 0 radical (unpaired) electrons. The van der Waals surface area contributed by atoms with Crippen LogP contribution in [0.5, 0.6) is 11.5 Å². The number of benzene rings is 2. The van der Waals surface area contributed by atoms with Crippen LogP contribution in [0.4, 0.5) is 26.3 Å². The normalized spacial score (nSPS) is 13.4. The van der Waals surface area contributed by atoms with Gasteiger partial charge in [0.1, 0.15) is 5.75 Å². The van der Waals surface area contributed by atoms with Crippen LogP contribution in [-0.2, 0) is 20.2 Å². The Bertz CT molecular complexity index is 1320. The van der Waals surface area contributed by atoms with Crippen molar-refractivity contribution in [1.29, 1.82) is 0 Å². The molecule has 0 aliphatic heterocycles. The zero-order chi connectivity index (χ0) is 23.2. The van der Waals surface area contributed by atoms with E-state index in [2.05, 4.69) is 8.37 Å². The van der Waals surface area contributed by atoms with Gasteiger partial charge in [0.25, 0.3) is 0 Å². The summed E-state index contributed by atoms with van der Waals surface area (Å²) >= 11 is 0. The molecule has 0 atom stereocenters. The third kappa shape index (κ3) is 4.41. The molecule has 3 rings (SSSR count). The molecule has 0 bridgehead atoms. The summed E-state index contributed by atoms with van der Waals surface area (Å²) in [4.78, 5) is 0. The number of hydrogen-bond donors (Lipinski definition) is 0. The molecule has 0 amide bonds. The van der Waals surface area contributed by atoms with E-state index >= 15 is 0 Å². The van der Waals surface area contributed by atoms with Gasteiger partial charge in [0.2, 0.25) is 0 Å². The fourth-order valence-electron chi connectivity index (χ4n) is 2.38. The molecule has 15 heteroatoms. The van der Waals surface area contributed by atoms with E-state index in [9.17, 15) is 43.2 Å². The minimum atomic E-state index is -5.96. The van der Waals surface area contributed by atoms with Gasteiger partial charge in [0.05, 0.1) is 6.26 Å². The summed E-state index contributed by atoms with van der Waals surface area (Å²) in [5.74, 6) is -1.38. The Hall–Kier alpha value is -2.94. The van der Waals surface area contributed by atoms with Crippen molar-refractivity contribution in [2.45, 2.75) is 11.0 Å². The summed E-state index contributed by atoms with van der Waals surface area (Å²) in [6.45, 7) is 0. The zero-order valence-electron chi connectivity index (χ0n) is 14.6. The molecule has 168 valence electrons. The van der Waals surface area contributed by atoms with Crippen LogP contribution in [0.1, 0.15) is 0 Å². The molecule has 1 heterocycles. The molecular weight excluding hydrogens is 482 g/mol. The van der Waals surface area contributed by atoms with E-state index in [-0.39, 0.29) is 22.1 Å². The smallest absolute Gasteiger partial charge is 0.460 e. The van der Waals surface area contributed by atoms with Gasteiger partial charge in [-0.3, -0.25) is 0 Å². The number of fused-ring (bicyclic) bond motifs is 1. The molecule has 7 nitrogen and oxygen atoms in total. The van der Waals surface area contributed by atoms with Crippen LogP contribution >= 0.6 is 0 Å². The van der Waals surface area contributed by atoms with Crippen molar-refractivity contribution in [3.05, 3.63) is 48.7 Å². The molecule has 1 aromatic heterocycles. The van der Waals surface area contributed by atoms with Crippen molar-refractivity contribution in [1.82, 2.24) is 0 Å². The van der Waals surface area contributed by atoms with Gasteiger partial charge in [-0.25, -0.2) is 0 Å². The van der Waals surface area contributed by atoms with E-state index in [4.69, 9.17) is 4.42 Å². The molecule has 0 spiro atoms. The quantitative estimate of drug-likeness (QED) is 0.294. The Labute approximate surface area is 170 Å². The molecule has 0 saturated heterocycles. The number of alkyl halides is 6. The van der Waals surface area contributed by atoms with E-state index in [0.29, 0.717) is 0 Å². The minimum Gasteiger partial charge on any atom is -0.460 e. The number of halogens is 6. The van der Waals surface area contributed by atoms with Crippen LogP contribution in [-0.4, -0.2) is 27.9 Å². The molecule has 31 heavy (non-hydrogen) atoms. The number of hydrogen-bond acceptors (Lipinski definition) is 7. The second-order valence-electron chi connectivity index (χ2n) is 5.77. The lowest BCUT2D eigenvalue weighted by molar-refractivity contribution is -0.0504. The molecular formula is C16H8F6O7S2. The first kappa shape index (κ1) is 22.7. The van der Waals surface area contributed by atoms with E-state index in [0.717, 1.165) is 24.5 Å². The van der Waals surface area contributed by atoms with Crippen LogP contribution in [0.25, 0.3) is 22.1 Å². The summed E-state index contributed by atoms with van der Waals surface area (Å²) < 4.78 is 132. The van der Waals surface area contributed by atoms with Crippen LogP contribution in [0.2, 0.25) is 0 Å². The SMILES string of the molecule is O=S(=O)(Oc1ccc(-c2ccc(OS(=O)(=O)C(F)(F)F)c3occc23)cc1)C(F)(F)F. The first-order chi connectivity index (χ1) is 14.1. The maximum absolute atomic E-state index is 12.5. The van der Waals surface area contributed by atoms with Gasteiger partial charge in [0.15, 0.2) is 11.3 Å². The maximum Gasteiger partial charge on any atom is 0.534 e. The van der Waals surface area contributed by atoms with E-state index in [1.165, 1.54) is 24.3 Å². The molecule has 2 aromatic carbocycles. The van der Waals surface area contributed by atoms with Gasteiger partial charge in [-0.2, -0.15) is 43.2 Å². The molecule has 0 saturated carbocycles. The van der Waals surface area contributed by atoms with Gasteiger partial charge >= 0.3 is 31.3 Å². The summed E-state index contributed by atoms with van der Waals surface area (Å²) in [7, 11) is -11.8. The molecule has 0 aliphatic rings. The molecule has 3 aromatic rings. The van der Waals surface area contributed by atoms with Crippen LogP contribution in [0.15, 0.2) is 53.1 Å². The van der Waals surface area contributed by atoms with Gasteiger partial charge in [-0.1, -0.05) is 12.1 Å². The summed E-state index contributed by atoms with van der Waals surface area (Å²) in [6.07, 6.45) is 1.05. The Kier molecular flexibility index (Phi) is 5.38. The van der Waals surface area contributed by atoms with Gasteiger partial charge in [-0.05, 0) is 41.5 Å². The van der Waals surface area contributed by atoms with E-state index in [1.54, 1.807) is 0 Å². The van der Waals surface area contributed by atoms with Gasteiger partial charge in [0, 0.05) is 5.39 Å². The lowest BCUT2D eigenvalue weighted by atomic mass is 10.0. The van der Waals surface area contributed by atoms with Crippen LogP contribution in [0, 0.1) is 0 Å². The van der Waals surface area contributed by atoms with Crippen molar-refractivity contribution < 1.29 is 56.0 Å². The third-order valence-corrected chi connectivity index (χ3v) is 5.66. The monoisotopic (exact) mass is 490 g/mol. The van der Waals surface area contributed by atoms with Gasteiger partial charge in [-0.15, -0.1) is 0 Å². The first-order valence-corrected chi connectivity index (χ1v) is 10.6. The van der Waals surface area contributed by atoms with Crippen molar-refractivity contribution in [2.75, 3.05) is 0 Å². The first-order valence-electron chi connectivity index (χ1n) is 7.74. The lowest BCUT2D eigenvalue weighted by Crippen LogP contribution is -2.28. The number of rotatable bonds is 5. The van der Waals surface area contributed by atoms with E-state index < -0.39 is 42.8 Å². The van der Waals surface area contributed by atoms with Crippen LogP contribution < -0.4 is 8.37 Å². The zero-order valence-corrected chi connectivity index (χ0v) is 16.2. The van der Waals surface area contributed by atoms with E-state index in [1.807, 2.05) is 0 Å². The highest BCUT2D eigenvalue weighted by molar-refractivity contribution is 7.88. The maximum atomic E-state index is 12.5. The summed E-state index contributed by atoms with van der Waals surface area (Å²) in [5.41, 5.74) is -11.1. The highest BCUT2D eigenvalue weighted by Gasteiger charge is 2.49. The topological polar surface area (TPSA) is 99.9 Å². The van der Waals surface area contributed by atoms with Crippen molar-refractivity contribution >= 4 is 31.2 Å². The summed E-state index contributed by atoms with van der Waals surface area (Å²) in [6, 6.07) is 7.55. The lowest BCUT2D eigenvalue weighted by Gasteiger charge is -2.12. The van der Waals surface area contributed by atoms with Crippen LogP contribution in [0.3, 0.4) is 0 Å². The average molecular weight is 490 g/mol. The van der Waals surface area contributed by atoms with Crippen molar-refractivity contribution in [3.63, 3.8) is 0 Å². The second-order valence-corrected chi connectivity index (χ2v) is 8.84. The Morgan fingerprint density at radius 1 is 0.710 bits per heavy atom. The van der Waals surface area contributed by atoms with Gasteiger partial charge < -0.3 is 12.8 Å². The fraction of sp³-hybridized carbons (Fsp3) is 0.125. The predicted octanol–water partition coefficient (Wildman–Crippen LogP) is 4.56. The summed E-state index contributed by atoms with van der Waals surface area (Å²) in [5, 5.41) is 0.117. The Morgan fingerprint density at radius 2 is 1.26 bits per heavy atom. The van der Waals surface area contributed by atoms with Crippen molar-refractivity contribution in [3.8, 4) is 22.6 Å². The standard InChI is InChI=1S/C16H8F6O7S2/c17-15(18,19)30(23,24)28-10-3-1-9(2-4-10)11-5-6-13(14-12(11)7-8-27-14)29-31(25,26)16(20,21)22/h1-8H. The number of furan rings is 1. The molecule has 0 N–H and O–H groups in total. The predicted molar refractivity (Wildman–Crippen MR) is 92.9 cm³/mol. The Morgan fingerprint density at radius 3 is 1.81 bits per heavy atom. The Balaban J connectivity index is 1.96. The largest absolute Gasteiger partial charge is 0.534 e. The highest BCUT2D eigenvalue weighted by atomic mass is 32.2. The third-order valence-electron chi connectivity index (χ3n) is 3.72. The minimum absolute atomic E-state index is 0.117. The average Bonchev–Trinajstić information content (AvgIpc) is 3.11.